The Morgan fingerprint density at radius 1 is 0.625 bits per heavy atom. The fourth-order valence-corrected chi connectivity index (χ4v) is 3.04. The first-order valence-electron chi connectivity index (χ1n) is 8.59. The molecule has 2 aromatic rings. The largest absolute Gasteiger partial charge is 0.289 e. The first-order valence-corrected chi connectivity index (χ1v) is 9.66. The highest BCUT2D eigenvalue weighted by molar-refractivity contribution is 6.18. The summed E-state index contributed by atoms with van der Waals surface area (Å²) < 4.78 is 0. The van der Waals surface area contributed by atoms with E-state index in [0.717, 1.165) is 49.7 Å². The van der Waals surface area contributed by atoms with Crippen LogP contribution in [0.25, 0.3) is 0 Å². The summed E-state index contributed by atoms with van der Waals surface area (Å²) in [7, 11) is 0. The SMILES string of the molecule is O=C(c1ccc(CCCCCl)cc1)c1ccc(CCCCCl)cc1. The molecule has 3 heteroatoms. The van der Waals surface area contributed by atoms with E-state index in [1.165, 1.54) is 11.1 Å². The number of alkyl halides is 2. The van der Waals surface area contributed by atoms with Crippen LogP contribution in [0.4, 0.5) is 0 Å². The number of aryl methyl sites for hydroxylation is 2. The average Bonchev–Trinajstić information content (AvgIpc) is 2.63. The molecule has 2 rings (SSSR count). The molecular formula is C21H24Cl2O. The summed E-state index contributed by atoms with van der Waals surface area (Å²) in [6.07, 6.45) is 6.25. The lowest BCUT2D eigenvalue weighted by molar-refractivity contribution is 0.103. The lowest BCUT2D eigenvalue weighted by atomic mass is 9.99. The van der Waals surface area contributed by atoms with E-state index in [-0.39, 0.29) is 5.78 Å². The van der Waals surface area contributed by atoms with Crippen molar-refractivity contribution in [3.63, 3.8) is 0 Å². The van der Waals surface area contributed by atoms with Gasteiger partial charge in [-0.05, 0) is 49.7 Å². The maximum Gasteiger partial charge on any atom is 0.193 e. The minimum absolute atomic E-state index is 0.0783. The Kier molecular flexibility index (Phi) is 8.35. The number of rotatable bonds is 10. The fraction of sp³-hybridized carbons (Fsp3) is 0.381. The number of carbonyl (C=O) groups is 1. The van der Waals surface area contributed by atoms with E-state index >= 15 is 0 Å². The van der Waals surface area contributed by atoms with Crippen molar-refractivity contribution in [2.75, 3.05) is 11.8 Å². The lowest BCUT2D eigenvalue weighted by Crippen LogP contribution is -2.02. The van der Waals surface area contributed by atoms with Gasteiger partial charge in [0.15, 0.2) is 5.78 Å². The quantitative estimate of drug-likeness (QED) is 0.286. The van der Waals surface area contributed by atoms with E-state index in [9.17, 15) is 4.79 Å². The molecule has 0 atom stereocenters. The number of ketones is 1. The molecule has 2 aromatic carbocycles. The standard InChI is InChI=1S/C21H24Cl2O/c22-15-3-1-5-17-7-11-19(12-8-17)21(24)20-13-9-18(10-14-20)6-2-4-16-23/h7-14H,1-6,15-16H2. The maximum absolute atomic E-state index is 12.6. The zero-order chi connectivity index (χ0) is 17.2. The van der Waals surface area contributed by atoms with Gasteiger partial charge in [0.05, 0.1) is 0 Å². The fourth-order valence-electron chi connectivity index (χ4n) is 2.66. The van der Waals surface area contributed by atoms with Crippen molar-refractivity contribution < 1.29 is 4.79 Å². The number of hydrogen-bond donors (Lipinski definition) is 0. The Hall–Kier alpha value is -1.31. The number of unbranched alkanes of at least 4 members (excludes halogenated alkanes) is 2. The molecule has 0 saturated heterocycles. The summed E-state index contributed by atoms with van der Waals surface area (Å²) in [6.45, 7) is 0. The molecule has 0 aromatic heterocycles. The monoisotopic (exact) mass is 362 g/mol. The zero-order valence-corrected chi connectivity index (χ0v) is 15.5. The highest BCUT2D eigenvalue weighted by Gasteiger charge is 2.09. The first-order chi connectivity index (χ1) is 11.7. The predicted molar refractivity (Wildman–Crippen MR) is 104 cm³/mol. The first kappa shape index (κ1) is 19.0. The van der Waals surface area contributed by atoms with Gasteiger partial charge in [-0.15, -0.1) is 23.2 Å². The van der Waals surface area contributed by atoms with Crippen LogP contribution in [0.3, 0.4) is 0 Å². The van der Waals surface area contributed by atoms with Crippen LogP contribution in [-0.2, 0) is 12.8 Å². The van der Waals surface area contributed by atoms with Crippen molar-refractivity contribution >= 4 is 29.0 Å². The smallest absolute Gasteiger partial charge is 0.193 e. The maximum atomic E-state index is 12.6. The van der Waals surface area contributed by atoms with Crippen LogP contribution < -0.4 is 0 Å². The van der Waals surface area contributed by atoms with Gasteiger partial charge in [-0.25, -0.2) is 0 Å². The summed E-state index contributed by atoms with van der Waals surface area (Å²) in [6, 6.07) is 15.9. The van der Waals surface area contributed by atoms with E-state index < -0.39 is 0 Å². The van der Waals surface area contributed by atoms with Crippen molar-refractivity contribution in [1.29, 1.82) is 0 Å². The topological polar surface area (TPSA) is 17.1 Å². The molecule has 0 fully saturated rings. The Balaban J connectivity index is 1.95. The molecule has 128 valence electrons. The van der Waals surface area contributed by atoms with Gasteiger partial charge in [-0.2, -0.15) is 0 Å². The lowest BCUT2D eigenvalue weighted by Gasteiger charge is -2.05. The molecule has 1 nitrogen and oxygen atoms in total. The normalized spacial score (nSPS) is 10.8. The molecule has 0 bridgehead atoms. The molecule has 0 radical (unpaired) electrons. The van der Waals surface area contributed by atoms with Crippen molar-refractivity contribution in [3.8, 4) is 0 Å². The van der Waals surface area contributed by atoms with Gasteiger partial charge in [0, 0.05) is 22.9 Å². The van der Waals surface area contributed by atoms with Crippen LogP contribution in [-0.4, -0.2) is 17.5 Å². The van der Waals surface area contributed by atoms with Crippen molar-refractivity contribution in [2.45, 2.75) is 38.5 Å². The molecule has 0 unspecified atom stereocenters. The third-order valence-corrected chi connectivity index (χ3v) is 4.66. The molecule has 0 spiro atoms. The highest BCUT2D eigenvalue weighted by Crippen LogP contribution is 2.15. The van der Waals surface area contributed by atoms with E-state index in [1.54, 1.807) is 0 Å². The van der Waals surface area contributed by atoms with E-state index in [1.807, 2.05) is 48.5 Å². The van der Waals surface area contributed by atoms with Gasteiger partial charge in [-0.1, -0.05) is 48.5 Å². The van der Waals surface area contributed by atoms with Gasteiger partial charge in [0.2, 0.25) is 0 Å². The Morgan fingerprint density at radius 3 is 1.33 bits per heavy atom. The van der Waals surface area contributed by atoms with Crippen molar-refractivity contribution in [2.24, 2.45) is 0 Å². The molecule has 0 saturated carbocycles. The molecule has 0 heterocycles. The third-order valence-electron chi connectivity index (χ3n) is 4.13. The summed E-state index contributed by atoms with van der Waals surface area (Å²) in [5.41, 5.74) is 3.99. The summed E-state index contributed by atoms with van der Waals surface area (Å²) in [5, 5.41) is 0. The van der Waals surface area contributed by atoms with Crippen LogP contribution in [0.1, 0.15) is 52.7 Å². The third kappa shape index (κ3) is 5.96. The van der Waals surface area contributed by atoms with Crippen molar-refractivity contribution in [1.82, 2.24) is 0 Å². The Morgan fingerprint density at radius 2 is 1.00 bits per heavy atom. The number of halogens is 2. The van der Waals surface area contributed by atoms with Crippen LogP contribution in [0, 0.1) is 0 Å². The molecule has 0 aliphatic rings. The molecule has 0 aliphatic heterocycles. The van der Waals surface area contributed by atoms with E-state index in [4.69, 9.17) is 23.2 Å². The van der Waals surface area contributed by atoms with E-state index in [0.29, 0.717) is 11.8 Å². The van der Waals surface area contributed by atoms with E-state index in [2.05, 4.69) is 0 Å². The van der Waals surface area contributed by atoms with Crippen molar-refractivity contribution in [3.05, 3.63) is 70.8 Å². The van der Waals surface area contributed by atoms with Gasteiger partial charge >= 0.3 is 0 Å². The summed E-state index contributed by atoms with van der Waals surface area (Å²) >= 11 is 11.4. The average molecular weight is 363 g/mol. The molecular weight excluding hydrogens is 339 g/mol. The van der Waals surface area contributed by atoms with Gasteiger partial charge < -0.3 is 0 Å². The summed E-state index contributed by atoms with van der Waals surface area (Å²) in [5.74, 6) is 1.49. The van der Waals surface area contributed by atoms with Crippen LogP contribution in [0.5, 0.6) is 0 Å². The Bertz CT molecular complexity index is 562. The second-order valence-electron chi connectivity index (χ2n) is 6.02. The Labute approximate surface area is 155 Å². The van der Waals surface area contributed by atoms with Crippen LogP contribution in [0.2, 0.25) is 0 Å². The second-order valence-corrected chi connectivity index (χ2v) is 6.77. The van der Waals surface area contributed by atoms with Gasteiger partial charge in [0.25, 0.3) is 0 Å². The number of hydrogen-bond acceptors (Lipinski definition) is 1. The van der Waals surface area contributed by atoms with Gasteiger partial charge in [0.1, 0.15) is 0 Å². The molecule has 24 heavy (non-hydrogen) atoms. The second kappa shape index (κ2) is 10.5. The molecule has 0 amide bonds. The number of carbonyl (C=O) groups excluding carboxylic acids is 1. The zero-order valence-electron chi connectivity index (χ0n) is 13.9. The minimum Gasteiger partial charge on any atom is -0.289 e. The minimum atomic E-state index is 0.0783. The summed E-state index contributed by atoms with van der Waals surface area (Å²) in [4.78, 5) is 12.6. The number of benzene rings is 2. The highest BCUT2D eigenvalue weighted by atomic mass is 35.5. The van der Waals surface area contributed by atoms with Gasteiger partial charge in [-0.3, -0.25) is 4.79 Å². The predicted octanol–water partition coefficient (Wildman–Crippen LogP) is 6.04. The molecule has 0 aliphatic carbocycles. The van der Waals surface area contributed by atoms with Crippen LogP contribution >= 0.6 is 23.2 Å². The molecule has 0 N–H and O–H groups in total. The van der Waals surface area contributed by atoms with Crippen LogP contribution in [0.15, 0.2) is 48.5 Å².